The molecular formula is C30H33N3O4S. The van der Waals surface area contributed by atoms with Crippen LogP contribution < -0.4 is 5.32 Å². The molecule has 0 spiro atoms. The van der Waals surface area contributed by atoms with Gasteiger partial charge < -0.3 is 19.7 Å². The Labute approximate surface area is 228 Å². The molecule has 3 aliphatic rings. The van der Waals surface area contributed by atoms with E-state index in [4.69, 9.17) is 14.5 Å². The van der Waals surface area contributed by atoms with Crippen LogP contribution in [-0.2, 0) is 19.1 Å². The first kappa shape index (κ1) is 26.3. The van der Waals surface area contributed by atoms with E-state index >= 15 is 0 Å². The van der Waals surface area contributed by atoms with Crippen LogP contribution in [0.3, 0.4) is 0 Å². The summed E-state index contributed by atoms with van der Waals surface area (Å²) in [5.41, 5.74) is 5.91. The van der Waals surface area contributed by atoms with E-state index in [2.05, 4.69) is 37.4 Å². The predicted molar refractivity (Wildman–Crippen MR) is 150 cm³/mol. The molecule has 38 heavy (non-hydrogen) atoms. The van der Waals surface area contributed by atoms with Gasteiger partial charge in [-0.3, -0.25) is 4.79 Å². The van der Waals surface area contributed by atoms with Crippen molar-refractivity contribution >= 4 is 34.5 Å². The van der Waals surface area contributed by atoms with Crippen molar-refractivity contribution < 1.29 is 19.1 Å². The van der Waals surface area contributed by atoms with Crippen LogP contribution in [0.15, 0.2) is 70.2 Å². The quantitative estimate of drug-likeness (QED) is 0.468. The van der Waals surface area contributed by atoms with Crippen LogP contribution in [-0.4, -0.2) is 47.8 Å². The highest BCUT2D eigenvalue weighted by Crippen LogP contribution is 2.47. The Hall–Kier alpha value is -3.36. The number of amidine groups is 1. The third kappa shape index (κ3) is 5.42. The molecule has 8 heteroatoms. The number of ether oxygens (including phenoxy) is 2. The summed E-state index contributed by atoms with van der Waals surface area (Å²) in [6.45, 7) is 7.42. The molecule has 1 fully saturated rings. The van der Waals surface area contributed by atoms with Crippen molar-refractivity contribution in [3.8, 4) is 0 Å². The van der Waals surface area contributed by atoms with Crippen LogP contribution in [0.1, 0.15) is 54.5 Å². The molecule has 2 aromatic rings. The maximum atomic E-state index is 13.6. The molecule has 0 saturated carbocycles. The molecule has 0 radical (unpaired) electrons. The molecule has 2 aromatic carbocycles. The van der Waals surface area contributed by atoms with Crippen LogP contribution in [0.4, 0.5) is 0 Å². The van der Waals surface area contributed by atoms with E-state index in [1.807, 2.05) is 40.6 Å². The molecule has 1 N–H and O–H groups in total. The molecule has 1 saturated heterocycles. The van der Waals surface area contributed by atoms with Crippen LogP contribution in [0.2, 0.25) is 0 Å². The summed E-state index contributed by atoms with van der Waals surface area (Å²) < 4.78 is 11.3. The standard InChI is InChI=1S/C30H33N3O4S/c1-4-36-29(35)26-27(21-9-6-5-7-10-21)32-30-33(28(26)24-13-12-19(2)15-20(24)3)22(18-38-30)16-25(34)31-17-23-11-8-14-37-23/h5-7,9-10,12-13,15,18,23,28H,4,8,11,14,16-17H2,1-3H3,(H,31,34)/t23-,28-/m0/s1. The second kappa shape index (κ2) is 11.6. The molecule has 0 unspecified atom stereocenters. The minimum atomic E-state index is -0.482. The molecule has 2 atom stereocenters. The van der Waals surface area contributed by atoms with Gasteiger partial charge in [0.1, 0.15) is 0 Å². The number of esters is 1. The van der Waals surface area contributed by atoms with Crippen molar-refractivity contribution in [1.82, 2.24) is 10.2 Å². The van der Waals surface area contributed by atoms with Gasteiger partial charge in [-0.05, 0) is 50.1 Å². The average Bonchev–Trinajstić information content (AvgIpc) is 3.57. The Balaban J connectivity index is 1.55. The summed E-state index contributed by atoms with van der Waals surface area (Å²) in [5.74, 6) is -0.485. The molecule has 3 aliphatic heterocycles. The van der Waals surface area contributed by atoms with Gasteiger partial charge in [0.25, 0.3) is 0 Å². The van der Waals surface area contributed by atoms with E-state index in [0.717, 1.165) is 52.6 Å². The minimum absolute atomic E-state index is 0.0766. The number of benzene rings is 2. The van der Waals surface area contributed by atoms with E-state index in [9.17, 15) is 9.59 Å². The van der Waals surface area contributed by atoms with Gasteiger partial charge in [-0.2, -0.15) is 0 Å². The zero-order valence-electron chi connectivity index (χ0n) is 22.0. The van der Waals surface area contributed by atoms with Crippen LogP contribution in [0, 0.1) is 13.8 Å². The van der Waals surface area contributed by atoms with E-state index < -0.39 is 12.0 Å². The van der Waals surface area contributed by atoms with Crippen molar-refractivity contribution in [3.05, 3.63) is 87.5 Å². The maximum absolute atomic E-state index is 13.6. The number of aryl methyl sites for hydroxylation is 2. The van der Waals surface area contributed by atoms with Gasteiger partial charge in [0.2, 0.25) is 5.91 Å². The molecule has 7 nitrogen and oxygen atoms in total. The Kier molecular flexibility index (Phi) is 8.00. The highest BCUT2D eigenvalue weighted by Gasteiger charge is 2.42. The number of hydrogen-bond donors (Lipinski definition) is 1. The van der Waals surface area contributed by atoms with Crippen LogP contribution in [0.25, 0.3) is 5.70 Å². The Morgan fingerprint density at radius 3 is 2.71 bits per heavy atom. The fraction of sp³-hybridized carbons (Fsp3) is 0.367. The summed E-state index contributed by atoms with van der Waals surface area (Å²) in [5, 5.41) is 5.73. The van der Waals surface area contributed by atoms with E-state index in [1.54, 1.807) is 6.92 Å². The van der Waals surface area contributed by atoms with Crippen LogP contribution >= 0.6 is 11.8 Å². The number of aliphatic imine (C=N–C) groups is 1. The number of thioether (sulfide) groups is 1. The number of nitrogens with one attached hydrogen (secondary N) is 1. The third-order valence-electron chi connectivity index (χ3n) is 6.97. The average molecular weight is 532 g/mol. The van der Waals surface area contributed by atoms with Crippen molar-refractivity contribution in [2.75, 3.05) is 19.8 Å². The molecule has 1 amide bonds. The van der Waals surface area contributed by atoms with E-state index in [0.29, 0.717) is 17.8 Å². The van der Waals surface area contributed by atoms with Gasteiger partial charge in [-0.25, -0.2) is 9.79 Å². The van der Waals surface area contributed by atoms with Crippen molar-refractivity contribution in [2.45, 2.75) is 52.2 Å². The number of fused-ring (bicyclic) bond motifs is 1. The molecule has 0 bridgehead atoms. The smallest absolute Gasteiger partial charge is 0.338 e. The van der Waals surface area contributed by atoms with Gasteiger partial charge in [0.05, 0.1) is 36.4 Å². The second-order valence-corrected chi connectivity index (χ2v) is 10.6. The second-order valence-electron chi connectivity index (χ2n) is 9.72. The summed E-state index contributed by atoms with van der Waals surface area (Å²) in [6.07, 6.45) is 2.25. The fourth-order valence-corrected chi connectivity index (χ4v) is 6.09. The first-order valence-corrected chi connectivity index (χ1v) is 14.0. The monoisotopic (exact) mass is 531 g/mol. The largest absolute Gasteiger partial charge is 0.463 e. The molecule has 0 aliphatic carbocycles. The fourth-order valence-electron chi connectivity index (χ4n) is 5.18. The number of amides is 1. The summed E-state index contributed by atoms with van der Waals surface area (Å²) in [7, 11) is 0. The van der Waals surface area contributed by atoms with Crippen molar-refractivity contribution in [2.24, 2.45) is 4.99 Å². The Morgan fingerprint density at radius 1 is 1.18 bits per heavy atom. The normalized spacial score (nSPS) is 20.7. The lowest BCUT2D eigenvalue weighted by Gasteiger charge is -2.37. The van der Waals surface area contributed by atoms with Gasteiger partial charge in [0, 0.05) is 24.4 Å². The molecule has 5 rings (SSSR count). The first-order chi connectivity index (χ1) is 18.5. The van der Waals surface area contributed by atoms with Gasteiger partial charge >= 0.3 is 5.97 Å². The highest BCUT2D eigenvalue weighted by atomic mass is 32.2. The zero-order valence-corrected chi connectivity index (χ0v) is 22.8. The van der Waals surface area contributed by atoms with Gasteiger partial charge in [0.15, 0.2) is 5.17 Å². The number of hydrogen-bond acceptors (Lipinski definition) is 7. The molecule has 198 valence electrons. The molecular weight excluding hydrogens is 498 g/mol. The third-order valence-corrected chi connectivity index (χ3v) is 7.85. The van der Waals surface area contributed by atoms with E-state index in [-0.39, 0.29) is 25.0 Å². The summed E-state index contributed by atoms with van der Waals surface area (Å²) >= 11 is 1.48. The van der Waals surface area contributed by atoms with Crippen molar-refractivity contribution in [1.29, 1.82) is 0 Å². The Morgan fingerprint density at radius 2 is 2.00 bits per heavy atom. The number of nitrogens with zero attached hydrogens (tertiary/aromatic N) is 2. The predicted octanol–water partition coefficient (Wildman–Crippen LogP) is 5.26. The van der Waals surface area contributed by atoms with E-state index in [1.165, 1.54) is 11.8 Å². The van der Waals surface area contributed by atoms with Crippen molar-refractivity contribution in [3.63, 3.8) is 0 Å². The SMILES string of the molecule is CCOC(=O)C1=C(c2ccccc2)N=C2SC=C(CC(=O)NC[C@@H]3CCCO3)N2[C@H]1c1ccc(C)cc1C. The summed E-state index contributed by atoms with van der Waals surface area (Å²) in [6, 6.07) is 15.5. The lowest BCUT2D eigenvalue weighted by Crippen LogP contribution is -2.39. The number of rotatable bonds is 8. The minimum Gasteiger partial charge on any atom is -0.463 e. The lowest BCUT2D eigenvalue weighted by molar-refractivity contribution is -0.139. The molecule has 0 aromatic heterocycles. The Bertz CT molecular complexity index is 1310. The summed E-state index contributed by atoms with van der Waals surface area (Å²) in [4.78, 5) is 33.6. The van der Waals surface area contributed by atoms with Gasteiger partial charge in [-0.15, -0.1) is 0 Å². The molecule has 3 heterocycles. The number of carbonyl (C=O) groups is 2. The zero-order chi connectivity index (χ0) is 26.6. The van der Waals surface area contributed by atoms with Crippen LogP contribution in [0.5, 0.6) is 0 Å². The van der Waals surface area contributed by atoms with Gasteiger partial charge in [-0.1, -0.05) is 65.9 Å². The highest BCUT2D eigenvalue weighted by molar-refractivity contribution is 8.16. The topological polar surface area (TPSA) is 80.2 Å². The number of carbonyl (C=O) groups excluding carboxylic acids is 2. The first-order valence-electron chi connectivity index (χ1n) is 13.1. The maximum Gasteiger partial charge on any atom is 0.338 e. The lowest BCUT2D eigenvalue weighted by atomic mass is 9.88.